The highest BCUT2D eigenvalue weighted by Gasteiger charge is 2.13. The molecule has 0 aliphatic heterocycles. The summed E-state index contributed by atoms with van der Waals surface area (Å²) < 4.78 is 0. The van der Waals surface area contributed by atoms with Crippen LogP contribution in [-0.4, -0.2) is 24.1 Å². The van der Waals surface area contributed by atoms with Crippen molar-refractivity contribution in [1.29, 1.82) is 5.26 Å². The number of nitrogens with one attached hydrogen (secondary N) is 1. The molecule has 0 fully saturated rings. The van der Waals surface area contributed by atoms with Crippen LogP contribution in [0.4, 0.5) is 11.4 Å². The Morgan fingerprint density at radius 2 is 1.96 bits per heavy atom. The Kier molecular flexibility index (Phi) is 6.86. The van der Waals surface area contributed by atoms with Gasteiger partial charge >= 0.3 is 0 Å². The monoisotopic (exact) mass is 383 g/mol. The summed E-state index contributed by atoms with van der Waals surface area (Å²) in [6.45, 7) is 7.53. The quantitative estimate of drug-likeness (QED) is 0.557. The summed E-state index contributed by atoms with van der Waals surface area (Å²) in [5.74, 6) is -0.547. The Balaban J connectivity index is 2.28. The van der Waals surface area contributed by atoms with Crippen molar-refractivity contribution in [3.05, 3.63) is 58.1 Å². The van der Waals surface area contributed by atoms with E-state index >= 15 is 0 Å². The van der Waals surface area contributed by atoms with Crippen molar-refractivity contribution in [3.63, 3.8) is 0 Å². The zero-order valence-corrected chi connectivity index (χ0v) is 16.3. The molecule has 0 radical (unpaired) electrons. The van der Waals surface area contributed by atoms with Gasteiger partial charge in [-0.2, -0.15) is 5.26 Å². The molecule has 140 valence electrons. The van der Waals surface area contributed by atoms with Crippen LogP contribution >= 0.6 is 11.6 Å². The lowest BCUT2D eigenvalue weighted by Crippen LogP contribution is -2.21. The van der Waals surface area contributed by atoms with Gasteiger partial charge in [-0.25, -0.2) is 0 Å². The number of carbonyl (C=O) groups is 1. The van der Waals surface area contributed by atoms with Crippen molar-refractivity contribution < 1.29 is 9.90 Å². The molecule has 27 heavy (non-hydrogen) atoms. The second-order valence-electron chi connectivity index (χ2n) is 6.00. The number of phenols is 1. The second-order valence-corrected chi connectivity index (χ2v) is 6.44. The highest BCUT2D eigenvalue weighted by atomic mass is 35.5. The second kappa shape index (κ2) is 9.11. The van der Waals surface area contributed by atoms with Crippen molar-refractivity contribution >= 4 is 35.0 Å². The first-order chi connectivity index (χ1) is 12.9. The number of carbonyl (C=O) groups excluding carboxylic acids is 1. The number of nitrogens with zero attached hydrogens (tertiary/aromatic N) is 2. The number of anilines is 2. The van der Waals surface area contributed by atoms with E-state index in [2.05, 4.69) is 10.2 Å². The highest BCUT2D eigenvalue weighted by Crippen LogP contribution is 2.27. The normalized spacial score (nSPS) is 11.0. The number of amides is 1. The molecular weight excluding hydrogens is 362 g/mol. The fourth-order valence-corrected chi connectivity index (χ4v) is 2.83. The molecule has 0 saturated heterocycles. The van der Waals surface area contributed by atoms with E-state index in [-0.39, 0.29) is 11.3 Å². The smallest absolute Gasteiger partial charge is 0.266 e. The number of halogens is 1. The molecule has 0 aliphatic carbocycles. The summed E-state index contributed by atoms with van der Waals surface area (Å²) in [5, 5.41) is 22.8. The summed E-state index contributed by atoms with van der Waals surface area (Å²) in [6, 6.07) is 12.2. The Hall–Kier alpha value is -2.97. The van der Waals surface area contributed by atoms with Crippen LogP contribution < -0.4 is 10.2 Å². The molecule has 5 nitrogen and oxygen atoms in total. The predicted molar refractivity (Wildman–Crippen MR) is 110 cm³/mol. The third kappa shape index (κ3) is 5.02. The Morgan fingerprint density at radius 1 is 1.26 bits per heavy atom. The Labute approximate surface area is 164 Å². The molecule has 0 unspecified atom stereocenters. The molecule has 0 heterocycles. The number of benzene rings is 2. The van der Waals surface area contributed by atoms with Gasteiger partial charge in [-0.05, 0) is 56.7 Å². The molecule has 0 aromatic heterocycles. The number of hydrogen-bond acceptors (Lipinski definition) is 4. The standard InChI is InChI=1S/C21H22ClN3O2/c1-4-25(5-2)18-9-7-15(20(26)12-18)10-16(13-23)21(27)24-19-11-17(22)8-6-14(19)3/h6-12,26H,4-5H2,1-3H3,(H,24,27)/b16-10+. The van der Waals surface area contributed by atoms with Crippen LogP contribution in [0.15, 0.2) is 42.0 Å². The van der Waals surface area contributed by atoms with Crippen LogP contribution in [-0.2, 0) is 4.79 Å². The van der Waals surface area contributed by atoms with E-state index in [4.69, 9.17) is 11.6 Å². The topological polar surface area (TPSA) is 76.4 Å². The average molecular weight is 384 g/mol. The molecule has 0 spiro atoms. The fourth-order valence-electron chi connectivity index (χ4n) is 2.66. The van der Waals surface area contributed by atoms with Crippen molar-refractivity contribution in [3.8, 4) is 11.8 Å². The van der Waals surface area contributed by atoms with E-state index in [9.17, 15) is 15.2 Å². The SMILES string of the molecule is CCN(CC)c1ccc(/C=C(\C#N)C(=O)Nc2cc(Cl)ccc2C)c(O)c1. The third-order valence-electron chi connectivity index (χ3n) is 4.26. The van der Waals surface area contributed by atoms with Crippen molar-refractivity contribution in [2.24, 2.45) is 0 Å². The molecule has 0 aliphatic rings. The maximum Gasteiger partial charge on any atom is 0.266 e. The fraction of sp³-hybridized carbons (Fsp3) is 0.238. The maximum atomic E-state index is 12.5. The molecule has 0 saturated carbocycles. The summed E-state index contributed by atoms with van der Waals surface area (Å²) in [7, 11) is 0. The van der Waals surface area contributed by atoms with Gasteiger partial charge in [-0.3, -0.25) is 4.79 Å². The summed E-state index contributed by atoms with van der Waals surface area (Å²) in [6.07, 6.45) is 1.37. The van der Waals surface area contributed by atoms with E-state index in [0.717, 1.165) is 24.3 Å². The summed E-state index contributed by atoms with van der Waals surface area (Å²) in [4.78, 5) is 14.5. The minimum atomic E-state index is -0.560. The minimum absolute atomic E-state index is 0.0129. The van der Waals surface area contributed by atoms with Crippen LogP contribution in [0, 0.1) is 18.3 Å². The van der Waals surface area contributed by atoms with E-state index < -0.39 is 5.91 Å². The van der Waals surface area contributed by atoms with Crippen LogP contribution in [0.1, 0.15) is 25.0 Å². The Bertz CT molecular complexity index is 912. The van der Waals surface area contributed by atoms with Crippen molar-refractivity contribution in [2.45, 2.75) is 20.8 Å². The average Bonchev–Trinajstić information content (AvgIpc) is 2.65. The first kappa shape index (κ1) is 20.3. The zero-order chi connectivity index (χ0) is 20.0. The highest BCUT2D eigenvalue weighted by molar-refractivity contribution is 6.31. The molecule has 1 amide bonds. The van der Waals surface area contributed by atoms with E-state index in [1.807, 2.05) is 32.9 Å². The van der Waals surface area contributed by atoms with Crippen LogP contribution in [0.5, 0.6) is 5.75 Å². The van der Waals surface area contributed by atoms with E-state index in [1.165, 1.54) is 6.08 Å². The maximum absolute atomic E-state index is 12.5. The van der Waals surface area contributed by atoms with Crippen LogP contribution in [0.3, 0.4) is 0 Å². The molecule has 0 bridgehead atoms. The van der Waals surface area contributed by atoms with Gasteiger partial charge in [0.25, 0.3) is 5.91 Å². The Morgan fingerprint density at radius 3 is 2.56 bits per heavy atom. The minimum Gasteiger partial charge on any atom is -0.507 e. The number of aryl methyl sites for hydroxylation is 1. The van der Waals surface area contributed by atoms with Crippen molar-refractivity contribution in [2.75, 3.05) is 23.3 Å². The van der Waals surface area contributed by atoms with E-state index in [1.54, 1.807) is 30.3 Å². The first-order valence-electron chi connectivity index (χ1n) is 8.66. The first-order valence-corrected chi connectivity index (χ1v) is 9.04. The van der Waals surface area contributed by atoms with Gasteiger partial charge in [0, 0.05) is 41.1 Å². The van der Waals surface area contributed by atoms with Gasteiger partial charge in [0.05, 0.1) is 0 Å². The van der Waals surface area contributed by atoms with Crippen LogP contribution in [0.2, 0.25) is 5.02 Å². The van der Waals surface area contributed by atoms with Gasteiger partial charge in [0.2, 0.25) is 0 Å². The molecule has 2 N–H and O–H groups in total. The van der Waals surface area contributed by atoms with Gasteiger partial charge < -0.3 is 15.3 Å². The molecule has 2 aromatic carbocycles. The predicted octanol–water partition coefficient (Wildman–Crippen LogP) is 4.75. The number of phenolic OH excluding ortho intramolecular Hbond substituents is 1. The molecule has 2 rings (SSSR count). The van der Waals surface area contributed by atoms with Crippen LogP contribution in [0.25, 0.3) is 6.08 Å². The number of rotatable bonds is 6. The number of aromatic hydroxyl groups is 1. The van der Waals surface area contributed by atoms with Gasteiger partial charge in [0.15, 0.2) is 0 Å². The summed E-state index contributed by atoms with van der Waals surface area (Å²) >= 11 is 5.96. The molecule has 6 heteroatoms. The van der Waals surface area contributed by atoms with Gasteiger partial charge in [0.1, 0.15) is 17.4 Å². The number of nitriles is 1. The van der Waals surface area contributed by atoms with Crippen molar-refractivity contribution in [1.82, 2.24) is 0 Å². The number of hydrogen-bond donors (Lipinski definition) is 2. The van der Waals surface area contributed by atoms with Gasteiger partial charge in [-0.15, -0.1) is 0 Å². The lowest BCUT2D eigenvalue weighted by Gasteiger charge is -2.21. The third-order valence-corrected chi connectivity index (χ3v) is 4.49. The molecule has 2 aromatic rings. The summed E-state index contributed by atoms with van der Waals surface area (Å²) in [5.41, 5.74) is 2.54. The molecule has 0 atom stereocenters. The molecular formula is C21H22ClN3O2. The largest absolute Gasteiger partial charge is 0.507 e. The zero-order valence-electron chi connectivity index (χ0n) is 15.6. The van der Waals surface area contributed by atoms with E-state index in [0.29, 0.717) is 16.3 Å². The lowest BCUT2D eigenvalue weighted by molar-refractivity contribution is -0.112. The van der Waals surface area contributed by atoms with Gasteiger partial charge in [-0.1, -0.05) is 17.7 Å². The lowest BCUT2D eigenvalue weighted by atomic mass is 10.1.